The van der Waals surface area contributed by atoms with Crippen LogP contribution < -0.4 is 18.9 Å². The van der Waals surface area contributed by atoms with Crippen molar-refractivity contribution in [3.8, 4) is 45.9 Å². The van der Waals surface area contributed by atoms with E-state index in [9.17, 15) is 38.2 Å². The van der Waals surface area contributed by atoms with Crippen LogP contribution in [-0.4, -0.2) is 104 Å². The van der Waals surface area contributed by atoms with Gasteiger partial charge in [0.15, 0.2) is 11.6 Å². The number of ether oxygens (including phenoxy) is 4. The maximum absolute atomic E-state index is 14.5. The van der Waals surface area contributed by atoms with Crippen LogP contribution in [0.1, 0.15) is 69.6 Å². The average molecular weight is 937 g/mol. The summed E-state index contributed by atoms with van der Waals surface area (Å²) >= 11 is 6.37. The molecule has 4 heterocycles. The van der Waals surface area contributed by atoms with Crippen molar-refractivity contribution < 1.29 is 57.1 Å². The van der Waals surface area contributed by atoms with Crippen LogP contribution in [0.2, 0.25) is 5.02 Å². The molecule has 19 heteroatoms. The second-order valence-corrected chi connectivity index (χ2v) is 15.6. The molecule has 0 aliphatic carbocycles. The summed E-state index contributed by atoms with van der Waals surface area (Å²) in [7, 11) is 5.88. The van der Waals surface area contributed by atoms with Crippen molar-refractivity contribution in [2.24, 2.45) is 0 Å². The lowest BCUT2D eigenvalue weighted by Crippen LogP contribution is -2.42. The highest BCUT2D eigenvalue weighted by molar-refractivity contribution is 6.31. The van der Waals surface area contributed by atoms with Gasteiger partial charge < -0.3 is 39.0 Å². The van der Waals surface area contributed by atoms with E-state index in [0.717, 1.165) is 16.5 Å². The van der Waals surface area contributed by atoms with Crippen molar-refractivity contribution in [1.82, 2.24) is 29.7 Å². The van der Waals surface area contributed by atoms with E-state index in [1.165, 1.54) is 70.1 Å². The van der Waals surface area contributed by atoms with Crippen molar-refractivity contribution in [2.75, 3.05) is 28.4 Å². The van der Waals surface area contributed by atoms with E-state index in [0.29, 0.717) is 57.4 Å². The number of aliphatic carboxylic acids is 2. The lowest BCUT2D eigenvalue weighted by molar-refractivity contribution is -0.142. The molecule has 4 atom stereocenters. The molecule has 0 saturated carbocycles. The molecular formula is C48H43ClF2N6O10. The Labute approximate surface area is 387 Å². The number of rotatable bonds is 12. The van der Waals surface area contributed by atoms with Gasteiger partial charge in [0.25, 0.3) is 11.8 Å². The van der Waals surface area contributed by atoms with Gasteiger partial charge in [0, 0.05) is 27.9 Å². The van der Waals surface area contributed by atoms with Crippen molar-refractivity contribution in [3.05, 3.63) is 142 Å². The Bertz CT molecular complexity index is 2780. The smallest absolute Gasteiger partial charge is 0.326 e. The number of nitrogens with zero attached hydrogens (tertiary/aromatic N) is 6. The number of hydrogen-bond donors (Lipinski definition) is 2. The second-order valence-electron chi connectivity index (χ2n) is 15.2. The molecule has 0 spiro atoms. The average Bonchev–Trinajstić information content (AvgIpc) is 4.01. The van der Waals surface area contributed by atoms with Gasteiger partial charge in [-0.3, -0.25) is 9.59 Å². The minimum absolute atomic E-state index is 0.0474. The van der Waals surface area contributed by atoms with E-state index in [2.05, 4.69) is 19.9 Å². The van der Waals surface area contributed by atoms with E-state index >= 15 is 0 Å². The Morgan fingerprint density at radius 2 is 1.12 bits per heavy atom. The first-order chi connectivity index (χ1) is 32.3. The summed E-state index contributed by atoms with van der Waals surface area (Å²) in [5, 5.41) is 19.9. The summed E-state index contributed by atoms with van der Waals surface area (Å²) in [5.41, 5.74) is 3.72. The number of aromatic nitrogens is 4. The third-order valence-electron chi connectivity index (χ3n) is 11.5. The molecule has 0 bridgehead atoms. The van der Waals surface area contributed by atoms with Crippen LogP contribution in [0.25, 0.3) is 22.3 Å². The summed E-state index contributed by atoms with van der Waals surface area (Å²) < 4.78 is 49.3. The van der Waals surface area contributed by atoms with Gasteiger partial charge in [0.2, 0.25) is 17.6 Å². The first-order valence-corrected chi connectivity index (χ1v) is 21.1. The normalized spacial score (nSPS) is 17.5. The largest absolute Gasteiger partial charge is 0.480 e. The van der Waals surface area contributed by atoms with E-state index in [4.69, 9.17) is 30.5 Å². The summed E-state index contributed by atoms with van der Waals surface area (Å²) in [6.45, 7) is 0. The zero-order valence-corrected chi connectivity index (χ0v) is 37.2. The Balaban J connectivity index is 0.000000199. The van der Waals surface area contributed by atoms with Crippen LogP contribution in [0, 0.1) is 11.6 Å². The standard InChI is InChI=1S/C24H22ClN3O5.C24H21F2N3O5/c1-32-21-20(22(33-2)27-13-26-21)14-7-9-15(10-8-14)23(29)28-18(11-12-19(28)24(30)31)16-5-3-4-6-17(16)25;1-33-21-16(12-27-24(28-21)34-2)13-6-8-14(9-7-13)22(30)29-18(10-11-19(29)23(31)32)15-4-3-5-17(25)20(15)26/h3-10,13,18-19H,11-12H2,1-2H3,(H,30,31);3-9,12,18-19H,10-11H2,1-2H3,(H,31,32)/t2*18-,19+/m11/s1. The number of amides is 2. The summed E-state index contributed by atoms with van der Waals surface area (Å²) in [6.07, 6.45) is 4.05. The number of carbonyl (C=O) groups is 4. The van der Waals surface area contributed by atoms with Crippen LogP contribution >= 0.6 is 11.6 Å². The maximum Gasteiger partial charge on any atom is 0.326 e. The number of benzene rings is 4. The van der Waals surface area contributed by atoms with E-state index in [1.54, 1.807) is 48.5 Å². The number of hydrogen-bond acceptors (Lipinski definition) is 12. The van der Waals surface area contributed by atoms with E-state index in [1.807, 2.05) is 12.1 Å². The summed E-state index contributed by atoms with van der Waals surface area (Å²) in [5.74, 6) is -4.40. The Morgan fingerprint density at radius 1 is 0.612 bits per heavy atom. The van der Waals surface area contributed by atoms with Crippen molar-refractivity contribution in [3.63, 3.8) is 0 Å². The molecule has 346 valence electrons. The lowest BCUT2D eigenvalue weighted by atomic mass is 10.0. The van der Waals surface area contributed by atoms with Gasteiger partial charge >= 0.3 is 17.9 Å². The summed E-state index contributed by atoms with van der Waals surface area (Å²) in [4.78, 5) is 69.6. The molecule has 16 nitrogen and oxygen atoms in total. The third-order valence-corrected chi connectivity index (χ3v) is 11.9. The molecule has 2 aliphatic rings. The molecule has 2 saturated heterocycles. The van der Waals surface area contributed by atoms with E-state index in [-0.39, 0.29) is 41.8 Å². The molecule has 2 aromatic heterocycles. The first kappa shape index (κ1) is 47.2. The van der Waals surface area contributed by atoms with Crippen LogP contribution in [-0.2, 0) is 9.59 Å². The van der Waals surface area contributed by atoms with Gasteiger partial charge in [-0.05, 0) is 78.8 Å². The Morgan fingerprint density at radius 3 is 1.63 bits per heavy atom. The zero-order chi connectivity index (χ0) is 47.9. The third kappa shape index (κ3) is 9.65. The fraction of sp³-hybridized carbons (Fsp3) is 0.250. The molecule has 4 aromatic carbocycles. The van der Waals surface area contributed by atoms with Crippen LogP contribution in [0.3, 0.4) is 0 Å². The molecule has 67 heavy (non-hydrogen) atoms. The van der Waals surface area contributed by atoms with E-state index < -0.39 is 53.6 Å². The highest BCUT2D eigenvalue weighted by atomic mass is 35.5. The highest BCUT2D eigenvalue weighted by Gasteiger charge is 2.44. The minimum atomic E-state index is -1.20. The number of carboxylic acid groups (broad SMARTS) is 2. The van der Waals surface area contributed by atoms with Crippen molar-refractivity contribution in [1.29, 1.82) is 0 Å². The molecule has 0 unspecified atom stereocenters. The second kappa shape index (κ2) is 20.6. The number of carboxylic acids is 2. The van der Waals surface area contributed by atoms with Gasteiger partial charge in [-0.15, -0.1) is 0 Å². The van der Waals surface area contributed by atoms with Gasteiger partial charge in [-0.25, -0.2) is 33.3 Å². The van der Waals surface area contributed by atoms with Crippen LogP contribution in [0.15, 0.2) is 104 Å². The van der Waals surface area contributed by atoms with Crippen molar-refractivity contribution in [2.45, 2.75) is 49.9 Å². The summed E-state index contributed by atoms with van der Waals surface area (Å²) in [6, 6.07) is 20.7. The molecule has 0 radical (unpaired) electrons. The van der Waals surface area contributed by atoms with Gasteiger partial charge in [-0.2, -0.15) is 4.98 Å². The molecule has 2 N–H and O–H groups in total. The van der Waals surface area contributed by atoms with Gasteiger partial charge in [0.05, 0.1) is 46.1 Å². The fourth-order valence-electron chi connectivity index (χ4n) is 8.39. The van der Waals surface area contributed by atoms with Gasteiger partial charge in [0.1, 0.15) is 24.0 Å². The zero-order valence-electron chi connectivity index (χ0n) is 36.4. The molecule has 2 aliphatic heterocycles. The first-order valence-electron chi connectivity index (χ1n) is 20.7. The van der Waals surface area contributed by atoms with Crippen molar-refractivity contribution >= 4 is 35.4 Å². The number of likely N-dealkylation sites (tertiary alicyclic amines) is 2. The number of methoxy groups -OCH3 is 4. The Hall–Kier alpha value is -7.73. The fourth-order valence-corrected chi connectivity index (χ4v) is 8.65. The molecule has 2 fully saturated rings. The quantitative estimate of drug-likeness (QED) is 0.119. The number of halogens is 3. The topological polar surface area (TPSA) is 204 Å². The molecule has 2 amide bonds. The predicted octanol–water partition coefficient (Wildman–Crippen LogP) is 8.11. The Kier molecular flexibility index (Phi) is 14.5. The highest BCUT2D eigenvalue weighted by Crippen LogP contribution is 2.42. The lowest BCUT2D eigenvalue weighted by Gasteiger charge is -2.29. The number of carbonyl (C=O) groups excluding carboxylic acids is 2. The SMILES string of the molecule is COc1ncc(-c2ccc(C(=O)N3[C@@H](c4cccc(F)c4F)CC[C@H]3C(=O)O)cc2)c(OC)n1.COc1ncnc(OC)c1-c1ccc(C(=O)N2[C@@H](c3ccccc3Cl)CC[C@H]2C(=O)O)cc1. The maximum atomic E-state index is 14.5. The predicted molar refractivity (Wildman–Crippen MR) is 238 cm³/mol. The van der Waals surface area contributed by atoms with Crippen LogP contribution in [0.5, 0.6) is 23.7 Å². The minimum Gasteiger partial charge on any atom is -0.480 e. The van der Waals surface area contributed by atoms with Gasteiger partial charge in [-0.1, -0.05) is 66.2 Å². The molecule has 8 rings (SSSR count). The molecule has 6 aromatic rings. The molecular weight excluding hydrogens is 894 g/mol. The van der Waals surface area contributed by atoms with Crippen LogP contribution in [0.4, 0.5) is 8.78 Å². The monoisotopic (exact) mass is 936 g/mol.